The lowest BCUT2D eigenvalue weighted by Crippen LogP contribution is -2.40. The molecule has 1 aliphatic rings. The molecule has 0 radical (unpaired) electrons. The molecule has 0 saturated carbocycles. The Balaban J connectivity index is 1.76. The molecule has 3 aromatic rings. The Kier molecular flexibility index (Phi) is 7.33. The number of ether oxygens (including phenoxy) is 3. The van der Waals surface area contributed by atoms with E-state index in [9.17, 15) is 4.79 Å². The molecule has 1 unspecified atom stereocenters. The molecule has 1 amide bonds. The Morgan fingerprint density at radius 3 is 2.39 bits per heavy atom. The van der Waals surface area contributed by atoms with E-state index >= 15 is 0 Å². The number of carbonyl (C=O) groups is 1. The lowest BCUT2D eigenvalue weighted by atomic mass is 9.93. The number of hydrogen-bond donors (Lipinski definition) is 1. The first-order chi connectivity index (χ1) is 16.0. The smallest absolute Gasteiger partial charge is 0.256 e. The summed E-state index contributed by atoms with van der Waals surface area (Å²) in [4.78, 5) is 16.7. The number of methoxy groups -OCH3 is 2. The molecule has 0 bridgehead atoms. The van der Waals surface area contributed by atoms with Crippen molar-refractivity contribution >= 4 is 22.2 Å². The normalized spacial score (nSPS) is 15.2. The van der Waals surface area contributed by atoms with Crippen LogP contribution >= 0.6 is 11.3 Å². The largest absolute Gasteiger partial charge is 0.497 e. The maximum atomic E-state index is 13.1. The summed E-state index contributed by atoms with van der Waals surface area (Å²) < 4.78 is 16.6. The zero-order valence-corrected chi connectivity index (χ0v) is 20.3. The Morgan fingerprint density at radius 1 is 1.03 bits per heavy atom. The molecule has 0 aliphatic carbocycles. The minimum atomic E-state index is -0.138. The van der Waals surface area contributed by atoms with Gasteiger partial charge in [-0.2, -0.15) is 0 Å². The van der Waals surface area contributed by atoms with E-state index in [4.69, 9.17) is 14.2 Å². The van der Waals surface area contributed by atoms with Crippen LogP contribution in [-0.4, -0.2) is 51.3 Å². The molecule has 33 heavy (non-hydrogen) atoms. The van der Waals surface area contributed by atoms with Crippen LogP contribution in [0.1, 0.15) is 38.0 Å². The maximum absolute atomic E-state index is 13.1. The van der Waals surface area contributed by atoms with Gasteiger partial charge in [0.15, 0.2) is 0 Å². The number of nitrogens with zero attached hydrogens (tertiary/aromatic N) is 1. The third-order valence-electron chi connectivity index (χ3n) is 6.13. The van der Waals surface area contributed by atoms with Gasteiger partial charge in [-0.3, -0.25) is 9.69 Å². The van der Waals surface area contributed by atoms with E-state index in [1.807, 2.05) is 18.2 Å². The molecular formula is C26H30N2O4S. The number of anilines is 1. The highest BCUT2D eigenvalue weighted by molar-refractivity contribution is 7.16. The van der Waals surface area contributed by atoms with Crippen LogP contribution in [0.3, 0.4) is 0 Å². The van der Waals surface area contributed by atoms with Gasteiger partial charge in [-0.25, -0.2) is 0 Å². The molecule has 1 atom stereocenters. The summed E-state index contributed by atoms with van der Waals surface area (Å²) in [6, 6.07) is 15.2. The summed E-state index contributed by atoms with van der Waals surface area (Å²) in [6.07, 6.45) is 0. The molecule has 2 heterocycles. The van der Waals surface area contributed by atoms with Crippen LogP contribution in [-0.2, 0) is 4.74 Å². The third-order valence-corrected chi connectivity index (χ3v) is 7.27. The van der Waals surface area contributed by atoms with E-state index in [2.05, 4.69) is 30.1 Å². The molecule has 4 rings (SSSR count). The summed E-state index contributed by atoms with van der Waals surface area (Å²) in [5.74, 6) is 1.42. The number of rotatable bonds is 7. The minimum absolute atomic E-state index is 0.0545. The van der Waals surface area contributed by atoms with Crippen molar-refractivity contribution in [3.05, 3.63) is 75.7 Å². The van der Waals surface area contributed by atoms with E-state index in [1.165, 1.54) is 10.4 Å². The van der Waals surface area contributed by atoms with Gasteiger partial charge in [0.1, 0.15) is 16.5 Å². The Bertz CT molecular complexity index is 1100. The number of benzene rings is 2. The van der Waals surface area contributed by atoms with Crippen LogP contribution in [0.5, 0.6) is 11.5 Å². The third kappa shape index (κ3) is 4.90. The first-order valence-electron chi connectivity index (χ1n) is 11.0. The molecule has 1 N–H and O–H groups in total. The molecule has 1 aliphatic heterocycles. The average Bonchev–Trinajstić information content (AvgIpc) is 3.13. The van der Waals surface area contributed by atoms with Crippen LogP contribution in [0, 0.1) is 13.8 Å². The van der Waals surface area contributed by atoms with Crippen LogP contribution in [0.4, 0.5) is 5.00 Å². The molecule has 1 aromatic heterocycles. The SMILES string of the molecule is COc1ccc(C(=O)Nc2sc(C)c(C)c2C(c2ccccc2OC)N2CCOCC2)cc1. The van der Waals surface area contributed by atoms with Crippen molar-refractivity contribution in [2.75, 3.05) is 45.8 Å². The number of para-hydroxylation sites is 1. The van der Waals surface area contributed by atoms with Gasteiger partial charge in [0.2, 0.25) is 0 Å². The predicted octanol–water partition coefficient (Wildman–Crippen LogP) is 5.06. The summed E-state index contributed by atoms with van der Waals surface area (Å²) in [7, 11) is 3.31. The molecule has 174 valence electrons. The van der Waals surface area contributed by atoms with Crippen molar-refractivity contribution in [3.8, 4) is 11.5 Å². The molecule has 1 fully saturated rings. The van der Waals surface area contributed by atoms with Gasteiger partial charge in [0.25, 0.3) is 5.91 Å². The summed E-state index contributed by atoms with van der Waals surface area (Å²) in [5, 5.41) is 4.06. The number of hydrogen-bond acceptors (Lipinski definition) is 6. The van der Waals surface area contributed by atoms with Crippen molar-refractivity contribution < 1.29 is 19.0 Å². The van der Waals surface area contributed by atoms with Crippen LogP contribution < -0.4 is 14.8 Å². The van der Waals surface area contributed by atoms with E-state index in [0.717, 1.165) is 40.7 Å². The second kappa shape index (κ2) is 10.4. The standard InChI is InChI=1S/C26H30N2O4S/c1-17-18(2)33-26(27-25(29)19-9-11-20(30-3)12-10-19)23(17)24(28-13-15-32-16-14-28)21-7-5-6-8-22(21)31-4/h5-12,24H,13-16H2,1-4H3,(H,27,29). The lowest BCUT2D eigenvalue weighted by Gasteiger charge is -2.36. The fraction of sp³-hybridized carbons (Fsp3) is 0.346. The fourth-order valence-corrected chi connectivity index (χ4v) is 5.33. The molecule has 0 spiro atoms. The van der Waals surface area contributed by atoms with Crippen molar-refractivity contribution in [2.24, 2.45) is 0 Å². The maximum Gasteiger partial charge on any atom is 0.256 e. The summed E-state index contributed by atoms with van der Waals surface area (Å²) in [6.45, 7) is 7.22. The second-order valence-corrected chi connectivity index (χ2v) is 9.23. The Morgan fingerprint density at radius 2 is 1.73 bits per heavy atom. The number of carbonyl (C=O) groups excluding carboxylic acids is 1. The van der Waals surface area contributed by atoms with Gasteiger partial charge in [-0.15, -0.1) is 11.3 Å². The minimum Gasteiger partial charge on any atom is -0.497 e. The molecule has 6 nitrogen and oxygen atoms in total. The van der Waals surface area contributed by atoms with E-state index in [-0.39, 0.29) is 11.9 Å². The van der Waals surface area contributed by atoms with Crippen LogP contribution in [0.2, 0.25) is 0 Å². The van der Waals surface area contributed by atoms with Gasteiger partial charge >= 0.3 is 0 Å². The van der Waals surface area contributed by atoms with Crippen molar-refractivity contribution in [3.63, 3.8) is 0 Å². The van der Waals surface area contributed by atoms with Crippen LogP contribution in [0.15, 0.2) is 48.5 Å². The molecular weight excluding hydrogens is 436 g/mol. The highest BCUT2D eigenvalue weighted by Gasteiger charge is 2.32. The van der Waals surface area contributed by atoms with Gasteiger partial charge in [0.05, 0.1) is 33.5 Å². The van der Waals surface area contributed by atoms with Crippen molar-refractivity contribution in [2.45, 2.75) is 19.9 Å². The predicted molar refractivity (Wildman–Crippen MR) is 132 cm³/mol. The van der Waals surface area contributed by atoms with Gasteiger partial charge < -0.3 is 19.5 Å². The summed E-state index contributed by atoms with van der Waals surface area (Å²) >= 11 is 1.62. The zero-order valence-electron chi connectivity index (χ0n) is 19.5. The number of amides is 1. The summed E-state index contributed by atoms with van der Waals surface area (Å²) in [5.41, 5.74) is 3.98. The van der Waals surface area contributed by atoms with E-state index in [1.54, 1.807) is 49.8 Å². The van der Waals surface area contributed by atoms with Crippen molar-refractivity contribution in [1.82, 2.24) is 4.90 Å². The Labute approximate surface area is 199 Å². The average molecular weight is 467 g/mol. The zero-order chi connectivity index (χ0) is 23.4. The first kappa shape index (κ1) is 23.3. The molecule has 7 heteroatoms. The molecule has 2 aromatic carbocycles. The van der Waals surface area contributed by atoms with E-state index < -0.39 is 0 Å². The Hall–Kier alpha value is -2.87. The first-order valence-corrected chi connectivity index (χ1v) is 11.8. The fourth-order valence-electron chi connectivity index (χ4n) is 4.25. The quantitative estimate of drug-likeness (QED) is 0.528. The van der Waals surface area contributed by atoms with Crippen molar-refractivity contribution in [1.29, 1.82) is 0 Å². The van der Waals surface area contributed by atoms with Crippen LogP contribution in [0.25, 0.3) is 0 Å². The number of morpholine rings is 1. The second-order valence-electron chi connectivity index (χ2n) is 8.00. The number of aryl methyl sites for hydroxylation is 1. The van der Waals surface area contributed by atoms with E-state index in [0.29, 0.717) is 18.8 Å². The van der Waals surface area contributed by atoms with Gasteiger partial charge in [-0.05, 0) is 49.7 Å². The topological polar surface area (TPSA) is 60.0 Å². The number of thiophene rings is 1. The highest BCUT2D eigenvalue weighted by Crippen LogP contribution is 2.44. The monoisotopic (exact) mass is 466 g/mol. The lowest BCUT2D eigenvalue weighted by molar-refractivity contribution is 0.0236. The van der Waals surface area contributed by atoms with Gasteiger partial charge in [-0.1, -0.05) is 18.2 Å². The molecule has 1 saturated heterocycles. The number of nitrogens with one attached hydrogen (secondary N) is 1. The van der Waals surface area contributed by atoms with Gasteiger partial charge in [0, 0.05) is 34.7 Å². The highest BCUT2D eigenvalue weighted by atomic mass is 32.1.